The largest absolute Gasteiger partial charge is 0.458 e. The first-order valence-corrected chi connectivity index (χ1v) is 44.7. The molecule has 0 spiro atoms. The Labute approximate surface area is 745 Å². The van der Waals surface area contributed by atoms with Crippen molar-refractivity contribution in [2.24, 2.45) is 50.2 Å². The highest BCUT2D eigenvalue weighted by molar-refractivity contribution is 5.89. The SMILES string of the molecule is C=C[C@](C)(CC/C=C(\CO)C(=O)O[C@H]1C[C@]2(C(=O)O[C@@H]3O[C@H](CO)[C@@H](O)[C@H](O)[C@H]3O[C@@H]3O[C@@H](C)[C@H](O[C@@H]4O[C@@H](CO)[C@H](O)[C@H]4O)[C@@H](O[C@@H]4O[C@H](CO)[C@@H](O)[C@H](O)[C@H]4O)[C@H]3O)[C@H](O)C[C@]3(C)C(=CC[C@@H]4[C@@]5(C)CC[C@H](O[C@@H]6O[C@H](CO[C@@H]7O[C@H](C)[C@H](O)[C@H](O)[C@H]7O[C@@H]7OC[C@@H](O)[C@H](O)[C@H]7O)[C@@H](O)[C@H](O)[C@H]6O)C(C)(C)[C@@H]5CC[C@]43C)[C@@H]2CC1(C)C)O[C@@H]1O[C@H](C)[C@@H](O)[C@H](O)[C@H]1O. The summed E-state index contributed by atoms with van der Waals surface area (Å²) in [6.45, 7) is 19.1. The molecule has 12 fully saturated rings. The smallest absolute Gasteiger partial charge is 0.336 e. The van der Waals surface area contributed by atoms with E-state index in [1.54, 1.807) is 20.8 Å². The van der Waals surface area contributed by atoms with Gasteiger partial charge in [-0.2, -0.15) is 0 Å². The molecule has 740 valence electrons. The summed E-state index contributed by atoms with van der Waals surface area (Å²) in [5.41, 5.74) is -7.21. The molecule has 0 aromatic rings. The Kier molecular flexibility index (Phi) is 31.8. The lowest BCUT2D eigenvalue weighted by atomic mass is 9.33. The predicted octanol–water partition coefficient (Wildman–Crippen LogP) is -7.25. The number of carbonyl (C=O) groups excluding carboxylic acids is 2. The molecular weight excluding hydrogens is 1720 g/mol. The van der Waals surface area contributed by atoms with Crippen LogP contribution in [0, 0.1) is 50.2 Å². The van der Waals surface area contributed by atoms with Crippen LogP contribution in [0.5, 0.6) is 0 Å². The summed E-state index contributed by atoms with van der Waals surface area (Å²) < 4.78 is 103. The lowest BCUT2D eigenvalue weighted by Gasteiger charge is -2.72. The third kappa shape index (κ3) is 18.9. The number of carbonyl (C=O) groups is 2. The van der Waals surface area contributed by atoms with Gasteiger partial charge >= 0.3 is 11.9 Å². The van der Waals surface area contributed by atoms with E-state index in [1.807, 2.05) is 13.8 Å². The second-order valence-electron chi connectivity index (χ2n) is 40.0. The topological polar surface area (TPSA) is 677 Å². The van der Waals surface area contributed by atoms with Crippen molar-refractivity contribution in [3.63, 3.8) is 0 Å². The minimum absolute atomic E-state index is 0.0147. The van der Waals surface area contributed by atoms with Crippen LogP contribution in [0.2, 0.25) is 0 Å². The van der Waals surface area contributed by atoms with E-state index in [-0.39, 0.29) is 43.1 Å². The van der Waals surface area contributed by atoms with Gasteiger partial charge in [0.1, 0.15) is 170 Å². The molecule has 0 aromatic carbocycles. The van der Waals surface area contributed by atoms with Crippen molar-refractivity contribution < 1.29 is 213 Å². The molecule has 13 rings (SSSR count). The highest BCUT2D eigenvalue weighted by Gasteiger charge is 2.74. The van der Waals surface area contributed by atoms with Gasteiger partial charge in [0.15, 0.2) is 50.1 Å². The summed E-state index contributed by atoms with van der Waals surface area (Å²) in [7, 11) is 0. The molecule has 0 amide bonds. The minimum atomic E-state index is -2.27. The number of aliphatic hydroxyl groups excluding tert-OH is 24. The second-order valence-corrected chi connectivity index (χ2v) is 40.0. The van der Waals surface area contributed by atoms with Gasteiger partial charge in [-0.1, -0.05) is 72.3 Å². The fourth-order valence-corrected chi connectivity index (χ4v) is 23.1. The number of ether oxygens (including phenoxy) is 17. The Morgan fingerprint density at radius 2 is 0.969 bits per heavy atom. The number of aliphatic hydroxyl groups is 24. The summed E-state index contributed by atoms with van der Waals surface area (Å²) >= 11 is 0. The zero-order chi connectivity index (χ0) is 94.7. The molecule has 8 aliphatic heterocycles. The molecule has 0 aromatic heterocycles. The van der Waals surface area contributed by atoms with Gasteiger partial charge in [0.25, 0.3) is 0 Å². The number of fused-ring (bicyclic) bond motifs is 7. The van der Waals surface area contributed by atoms with Crippen LogP contribution in [-0.2, 0) is 90.1 Å². The first-order valence-electron chi connectivity index (χ1n) is 44.7. The first kappa shape index (κ1) is 103. The highest BCUT2D eigenvalue weighted by Crippen LogP contribution is 2.76. The lowest BCUT2D eigenvalue weighted by molar-refractivity contribution is -0.390. The maximum Gasteiger partial charge on any atom is 0.336 e. The summed E-state index contributed by atoms with van der Waals surface area (Å²) in [5.74, 6) is -3.65. The summed E-state index contributed by atoms with van der Waals surface area (Å²) in [6.07, 6.45) is -63.6. The number of allylic oxidation sites excluding steroid dienone is 3. The molecule has 0 bridgehead atoms. The van der Waals surface area contributed by atoms with E-state index in [0.717, 1.165) is 5.57 Å². The maximum atomic E-state index is 16.7. The molecule has 0 radical (unpaired) electrons. The average Bonchev–Trinajstić information content (AvgIpc) is 1.25. The molecule has 49 atom stereocenters. The van der Waals surface area contributed by atoms with Crippen molar-refractivity contribution in [2.45, 2.75) is 398 Å². The fourth-order valence-electron chi connectivity index (χ4n) is 23.1. The Balaban J connectivity index is 0.789. The van der Waals surface area contributed by atoms with Crippen molar-refractivity contribution in [1.29, 1.82) is 0 Å². The minimum Gasteiger partial charge on any atom is -0.458 e. The number of esters is 2. The molecule has 129 heavy (non-hydrogen) atoms. The highest BCUT2D eigenvalue weighted by atomic mass is 16.8. The summed E-state index contributed by atoms with van der Waals surface area (Å²) in [6, 6.07) is 0. The van der Waals surface area contributed by atoms with Crippen molar-refractivity contribution in [3.05, 3.63) is 36.0 Å². The third-order valence-electron chi connectivity index (χ3n) is 31.4. The second kappa shape index (κ2) is 39.8. The standard InChI is InChI=1S/C86H138O43/c1-13-82(9,129-76-64(109)55(100)48(93)32(2)115-76)20-14-15-35(26-87)70(111)122-47-25-86(79(112)128-78-69(59(104)52(97)40(28-89)120-78)127-75-65(110)67(125-74-63(108)56(101)51(96)39(27-88)118-74)66(34(4)117-75)124-73-61(106)53(98)41(29-90)119-73)37(23-80(47,5)6)36-16-17-44-83(10)21-19-46(81(7,8)43(83)18-22-84(44,11)85(36,12)24-45(86)92)123-72-62(107)57(102)54(99)42(121-72)31-114-77-68(58(103)49(94)33(3)116-77)126-71-60(105)50(95)38(91)30-113-71/h13,15-16,32-34,37-69,71-78,87-110H,1,14,17-31H2,2-12H3/b35-15+/t32-,33-,34+,37+,38-,39-,40-,41+,42-,43+,44-,45-,46+,47+,48-,49+,50+,51-,52-,53+,54-,55+,56+,57+,58+,59+,60-,61-,62-,63-,64-,65-,66+,67+,68-,69-,71+,72+,73+,74+,75+,76+,77-,78+,82-,83+,84-,85-,86-/m1/s1. The van der Waals surface area contributed by atoms with Crippen LogP contribution in [0.4, 0.5) is 0 Å². The maximum absolute atomic E-state index is 16.7. The van der Waals surface area contributed by atoms with Crippen LogP contribution < -0.4 is 0 Å². The lowest BCUT2D eigenvalue weighted by Crippen LogP contribution is -2.70. The molecule has 43 nitrogen and oxygen atoms in total. The molecule has 24 N–H and O–H groups in total. The Hall–Kier alpha value is -3.40. The van der Waals surface area contributed by atoms with Gasteiger partial charge in [-0.3, -0.25) is 4.79 Å². The van der Waals surface area contributed by atoms with E-state index >= 15 is 4.79 Å². The molecule has 13 aliphatic rings. The van der Waals surface area contributed by atoms with Crippen LogP contribution in [0.3, 0.4) is 0 Å². The van der Waals surface area contributed by atoms with Crippen LogP contribution in [0.1, 0.15) is 140 Å². The first-order chi connectivity index (χ1) is 60.5. The van der Waals surface area contributed by atoms with E-state index in [4.69, 9.17) is 80.5 Å². The van der Waals surface area contributed by atoms with E-state index in [0.29, 0.717) is 32.1 Å². The van der Waals surface area contributed by atoms with Gasteiger partial charge in [-0.15, -0.1) is 6.58 Å². The zero-order valence-corrected chi connectivity index (χ0v) is 74.1. The Morgan fingerprint density at radius 3 is 1.58 bits per heavy atom. The van der Waals surface area contributed by atoms with Gasteiger partial charge in [-0.25, -0.2) is 4.79 Å². The van der Waals surface area contributed by atoms with E-state index < -0.39 is 354 Å². The van der Waals surface area contributed by atoms with Crippen molar-refractivity contribution in [1.82, 2.24) is 0 Å². The molecule has 8 heterocycles. The molecule has 0 unspecified atom stereocenters. The van der Waals surface area contributed by atoms with Crippen LogP contribution in [0.25, 0.3) is 0 Å². The normalized spacial score (nSPS) is 51.6. The molecule has 5 aliphatic carbocycles. The zero-order valence-electron chi connectivity index (χ0n) is 74.1. The third-order valence-corrected chi connectivity index (χ3v) is 31.4. The fraction of sp³-hybridized carbons (Fsp3) is 0.907. The molecule has 8 saturated heterocycles. The number of rotatable bonds is 27. The van der Waals surface area contributed by atoms with Crippen LogP contribution in [0.15, 0.2) is 36.0 Å². The van der Waals surface area contributed by atoms with Gasteiger partial charge in [0, 0.05) is 11.8 Å². The summed E-state index contributed by atoms with van der Waals surface area (Å²) in [4.78, 5) is 31.6. The molecule has 4 saturated carbocycles. The number of hydrogen-bond donors (Lipinski definition) is 24. The Bertz CT molecular complexity index is 3840. The van der Waals surface area contributed by atoms with Crippen LogP contribution in [-0.4, -0.2) is 431 Å². The van der Waals surface area contributed by atoms with Gasteiger partial charge in [0.05, 0.1) is 81.3 Å². The van der Waals surface area contributed by atoms with E-state index in [2.05, 4.69) is 33.4 Å². The quantitative estimate of drug-likeness (QED) is 0.0157. The van der Waals surface area contributed by atoms with E-state index in [9.17, 15) is 127 Å². The Morgan fingerprint density at radius 1 is 0.481 bits per heavy atom. The van der Waals surface area contributed by atoms with Gasteiger partial charge in [0.2, 0.25) is 6.29 Å². The predicted molar refractivity (Wildman–Crippen MR) is 429 cm³/mol. The van der Waals surface area contributed by atoms with Crippen molar-refractivity contribution >= 4 is 11.9 Å². The molecule has 43 heteroatoms. The van der Waals surface area contributed by atoms with Gasteiger partial charge in [-0.05, 0) is 125 Å². The van der Waals surface area contributed by atoms with Crippen LogP contribution >= 0.6 is 0 Å². The molecular formula is C86H138O43. The van der Waals surface area contributed by atoms with Crippen molar-refractivity contribution in [3.8, 4) is 0 Å². The number of hydrogen-bond acceptors (Lipinski definition) is 43. The van der Waals surface area contributed by atoms with E-state index in [1.165, 1.54) is 32.9 Å². The van der Waals surface area contributed by atoms with Crippen molar-refractivity contribution in [2.75, 3.05) is 39.6 Å². The van der Waals surface area contributed by atoms with Gasteiger partial charge < -0.3 is 203 Å². The average molecular weight is 1860 g/mol. The summed E-state index contributed by atoms with van der Waals surface area (Å²) in [5, 5.41) is 267. The monoisotopic (exact) mass is 1860 g/mol.